The third kappa shape index (κ3) is 1.71. The van der Waals surface area contributed by atoms with Crippen molar-refractivity contribution in [2.75, 3.05) is 6.54 Å². The Bertz CT molecular complexity index is 574. The molecule has 1 aliphatic heterocycles. The minimum Gasteiger partial charge on any atom is -0.366 e. The van der Waals surface area contributed by atoms with E-state index in [2.05, 4.69) is 22.0 Å². The molecule has 0 radical (unpaired) electrons. The second-order valence-corrected chi connectivity index (χ2v) is 4.47. The number of benzene rings is 1. The highest BCUT2D eigenvalue weighted by molar-refractivity contribution is 5.94. The lowest BCUT2D eigenvalue weighted by molar-refractivity contribution is 0.0998. The summed E-state index contributed by atoms with van der Waals surface area (Å²) in [5.41, 5.74) is 8.17. The van der Waals surface area contributed by atoms with Crippen molar-refractivity contribution in [3.8, 4) is 0 Å². The Labute approximate surface area is 105 Å². The van der Waals surface area contributed by atoms with Gasteiger partial charge in [-0.1, -0.05) is 30.3 Å². The van der Waals surface area contributed by atoms with Crippen LogP contribution in [0.1, 0.15) is 27.7 Å². The molecule has 0 aliphatic carbocycles. The van der Waals surface area contributed by atoms with Gasteiger partial charge >= 0.3 is 0 Å². The van der Waals surface area contributed by atoms with Gasteiger partial charge in [0.05, 0.1) is 17.3 Å². The van der Waals surface area contributed by atoms with E-state index in [-0.39, 0.29) is 11.9 Å². The summed E-state index contributed by atoms with van der Waals surface area (Å²) in [6, 6.07) is 12.0. The summed E-state index contributed by atoms with van der Waals surface area (Å²) in [7, 11) is 0. The highest BCUT2D eigenvalue weighted by atomic mass is 16.1. The number of nitrogens with one attached hydrogen (secondary N) is 1. The fourth-order valence-electron chi connectivity index (χ4n) is 2.56. The first-order chi connectivity index (χ1) is 8.77. The first-order valence-electron chi connectivity index (χ1n) is 6.04. The van der Waals surface area contributed by atoms with Crippen LogP contribution in [0.25, 0.3) is 0 Å². The van der Waals surface area contributed by atoms with Crippen LogP contribution >= 0.6 is 0 Å². The van der Waals surface area contributed by atoms with E-state index < -0.39 is 0 Å². The number of primary amides is 1. The normalized spacial score (nSPS) is 18.3. The van der Waals surface area contributed by atoms with Crippen molar-refractivity contribution in [3.63, 3.8) is 0 Å². The monoisotopic (exact) mass is 241 g/mol. The van der Waals surface area contributed by atoms with E-state index in [4.69, 9.17) is 5.73 Å². The van der Waals surface area contributed by atoms with Gasteiger partial charge in [0.2, 0.25) is 0 Å². The molecule has 92 valence electrons. The number of carbonyl (C=O) groups is 1. The van der Waals surface area contributed by atoms with Gasteiger partial charge in [0.25, 0.3) is 5.91 Å². The van der Waals surface area contributed by atoms with Crippen molar-refractivity contribution in [1.82, 2.24) is 9.88 Å². The standard InChI is InChI=1S/C14H15N3O/c15-14(18)11-6-8-17-9-7-16-12(13(11)17)10-4-2-1-3-5-10/h1-6,8,12,16H,7,9H2,(H2,15,18). The van der Waals surface area contributed by atoms with Crippen LogP contribution in [0.4, 0.5) is 0 Å². The number of rotatable bonds is 2. The molecule has 1 aliphatic rings. The van der Waals surface area contributed by atoms with E-state index in [1.54, 1.807) is 6.07 Å². The van der Waals surface area contributed by atoms with Crippen LogP contribution in [0.3, 0.4) is 0 Å². The highest BCUT2D eigenvalue weighted by Crippen LogP contribution is 2.28. The van der Waals surface area contributed by atoms with Crippen LogP contribution in [0.5, 0.6) is 0 Å². The van der Waals surface area contributed by atoms with Gasteiger partial charge in [-0.2, -0.15) is 0 Å². The predicted octanol–water partition coefficient (Wildman–Crippen LogP) is 1.28. The van der Waals surface area contributed by atoms with Crippen molar-refractivity contribution < 1.29 is 4.79 Å². The minimum atomic E-state index is -0.367. The molecule has 18 heavy (non-hydrogen) atoms. The molecule has 1 atom stereocenters. The Morgan fingerprint density at radius 2 is 2.06 bits per heavy atom. The second kappa shape index (κ2) is 4.31. The van der Waals surface area contributed by atoms with Gasteiger partial charge in [-0.3, -0.25) is 4.79 Å². The van der Waals surface area contributed by atoms with Gasteiger partial charge in [-0.25, -0.2) is 0 Å². The van der Waals surface area contributed by atoms with Crippen molar-refractivity contribution in [1.29, 1.82) is 0 Å². The number of nitrogens with zero attached hydrogens (tertiary/aromatic N) is 1. The summed E-state index contributed by atoms with van der Waals surface area (Å²) < 4.78 is 2.11. The molecule has 0 saturated carbocycles. The fraction of sp³-hybridized carbons (Fsp3) is 0.214. The first kappa shape index (κ1) is 11.0. The number of carbonyl (C=O) groups excluding carboxylic acids is 1. The van der Waals surface area contributed by atoms with E-state index >= 15 is 0 Å². The molecule has 1 unspecified atom stereocenters. The molecule has 1 amide bonds. The largest absolute Gasteiger partial charge is 0.366 e. The zero-order valence-electron chi connectivity index (χ0n) is 9.97. The van der Waals surface area contributed by atoms with Gasteiger partial charge in [0.1, 0.15) is 0 Å². The molecule has 0 spiro atoms. The van der Waals surface area contributed by atoms with Crippen molar-refractivity contribution in [2.24, 2.45) is 5.73 Å². The zero-order chi connectivity index (χ0) is 12.5. The van der Waals surface area contributed by atoms with Gasteiger partial charge in [-0.15, -0.1) is 0 Å². The highest BCUT2D eigenvalue weighted by Gasteiger charge is 2.26. The van der Waals surface area contributed by atoms with Crippen LogP contribution in [0, 0.1) is 0 Å². The summed E-state index contributed by atoms with van der Waals surface area (Å²) in [5.74, 6) is -0.367. The molecule has 0 saturated heterocycles. The average molecular weight is 241 g/mol. The minimum absolute atomic E-state index is 0.0393. The summed E-state index contributed by atoms with van der Waals surface area (Å²) >= 11 is 0. The Kier molecular flexibility index (Phi) is 2.64. The molecule has 0 bridgehead atoms. The second-order valence-electron chi connectivity index (χ2n) is 4.47. The summed E-state index contributed by atoms with van der Waals surface area (Å²) in [4.78, 5) is 11.5. The van der Waals surface area contributed by atoms with E-state index in [0.29, 0.717) is 5.56 Å². The van der Waals surface area contributed by atoms with Crippen molar-refractivity contribution in [3.05, 3.63) is 59.4 Å². The lowest BCUT2D eigenvalue weighted by Crippen LogP contribution is -2.35. The number of hydrogen-bond acceptors (Lipinski definition) is 2. The Morgan fingerprint density at radius 3 is 2.78 bits per heavy atom. The molecule has 3 rings (SSSR count). The Hall–Kier alpha value is -2.07. The lowest BCUT2D eigenvalue weighted by atomic mass is 9.99. The zero-order valence-corrected chi connectivity index (χ0v) is 9.97. The van der Waals surface area contributed by atoms with Crippen LogP contribution in [0.2, 0.25) is 0 Å². The van der Waals surface area contributed by atoms with Crippen molar-refractivity contribution in [2.45, 2.75) is 12.6 Å². The topological polar surface area (TPSA) is 60.1 Å². The Morgan fingerprint density at radius 1 is 1.28 bits per heavy atom. The number of amides is 1. The van der Waals surface area contributed by atoms with Gasteiger partial charge < -0.3 is 15.6 Å². The summed E-state index contributed by atoms with van der Waals surface area (Å²) in [5, 5.41) is 3.44. The molecule has 2 heterocycles. The molecule has 4 heteroatoms. The third-order valence-corrected chi connectivity index (χ3v) is 3.38. The molecule has 0 fully saturated rings. The molecule has 1 aromatic heterocycles. The van der Waals surface area contributed by atoms with Crippen LogP contribution in [-0.4, -0.2) is 17.0 Å². The van der Waals surface area contributed by atoms with Crippen molar-refractivity contribution >= 4 is 5.91 Å². The SMILES string of the molecule is NC(=O)c1ccn2c1C(c1ccccc1)NCC2. The van der Waals surface area contributed by atoms with E-state index in [1.165, 1.54) is 0 Å². The maximum Gasteiger partial charge on any atom is 0.250 e. The van der Waals surface area contributed by atoms with Crippen LogP contribution < -0.4 is 11.1 Å². The number of hydrogen-bond donors (Lipinski definition) is 2. The summed E-state index contributed by atoms with van der Waals surface area (Å²) in [6.45, 7) is 1.76. The van der Waals surface area contributed by atoms with E-state index in [9.17, 15) is 4.79 Å². The smallest absolute Gasteiger partial charge is 0.250 e. The quantitative estimate of drug-likeness (QED) is 0.832. The van der Waals surface area contributed by atoms with E-state index in [1.807, 2.05) is 24.4 Å². The first-order valence-corrected chi connectivity index (χ1v) is 6.04. The fourth-order valence-corrected chi connectivity index (χ4v) is 2.56. The van der Waals surface area contributed by atoms with Gasteiger partial charge in [0, 0.05) is 19.3 Å². The van der Waals surface area contributed by atoms with Crippen LogP contribution in [-0.2, 0) is 6.54 Å². The van der Waals surface area contributed by atoms with Gasteiger partial charge in [-0.05, 0) is 11.6 Å². The average Bonchev–Trinajstić information content (AvgIpc) is 2.83. The molecule has 2 aromatic rings. The number of aromatic nitrogens is 1. The lowest BCUT2D eigenvalue weighted by Gasteiger charge is -2.27. The van der Waals surface area contributed by atoms with E-state index in [0.717, 1.165) is 24.3 Å². The predicted molar refractivity (Wildman–Crippen MR) is 69.2 cm³/mol. The molecule has 1 aromatic carbocycles. The maximum absolute atomic E-state index is 11.5. The van der Waals surface area contributed by atoms with Crippen LogP contribution in [0.15, 0.2) is 42.6 Å². The number of nitrogens with two attached hydrogens (primary N) is 1. The molecular weight excluding hydrogens is 226 g/mol. The summed E-state index contributed by atoms with van der Waals surface area (Å²) in [6.07, 6.45) is 1.94. The van der Waals surface area contributed by atoms with Gasteiger partial charge in [0.15, 0.2) is 0 Å². The Balaban J connectivity index is 2.11. The number of fused-ring (bicyclic) bond motifs is 1. The molecule has 3 N–H and O–H groups in total. The molecular formula is C14H15N3O. The molecule has 4 nitrogen and oxygen atoms in total. The third-order valence-electron chi connectivity index (χ3n) is 3.38. The maximum atomic E-state index is 11.5.